The van der Waals surface area contributed by atoms with Gasteiger partial charge in [-0.3, -0.25) is 4.90 Å². The lowest BCUT2D eigenvalue weighted by Gasteiger charge is -2.15. The van der Waals surface area contributed by atoms with Crippen LogP contribution in [0.3, 0.4) is 0 Å². The van der Waals surface area contributed by atoms with Crippen LogP contribution in [0.25, 0.3) is 0 Å². The van der Waals surface area contributed by atoms with Gasteiger partial charge >= 0.3 is 0 Å². The summed E-state index contributed by atoms with van der Waals surface area (Å²) in [4.78, 5) is 2.47. The van der Waals surface area contributed by atoms with Gasteiger partial charge in [-0.1, -0.05) is 12.1 Å². The highest BCUT2D eigenvalue weighted by molar-refractivity contribution is 5.27. The smallest absolute Gasteiger partial charge is 0.119 e. The van der Waals surface area contributed by atoms with E-state index in [1.807, 2.05) is 7.05 Å². The van der Waals surface area contributed by atoms with Crippen molar-refractivity contribution in [3.63, 3.8) is 0 Å². The largest absolute Gasteiger partial charge is 0.492 e. The SMILES string of the molecule is CNCc1ccc(OCCN2CCCC2)cc1. The normalized spacial score (nSPS) is 16.3. The van der Waals surface area contributed by atoms with Crippen molar-refractivity contribution in [2.75, 3.05) is 33.3 Å². The van der Waals surface area contributed by atoms with E-state index in [2.05, 4.69) is 34.5 Å². The number of nitrogens with zero attached hydrogens (tertiary/aromatic N) is 1. The first kappa shape index (κ1) is 12.4. The van der Waals surface area contributed by atoms with Crippen molar-refractivity contribution in [1.82, 2.24) is 10.2 Å². The van der Waals surface area contributed by atoms with E-state index in [0.29, 0.717) is 0 Å². The molecule has 0 aromatic heterocycles. The highest BCUT2D eigenvalue weighted by atomic mass is 16.5. The van der Waals surface area contributed by atoms with Crippen molar-refractivity contribution in [2.45, 2.75) is 19.4 Å². The number of nitrogens with one attached hydrogen (secondary N) is 1. The second-order valence-electron chi connectivity index (χ2n) is 4.57. The van der Waals surface area contributed by atoms with E-state index in [-0.39, 0.29) is 0 Å². The van der Waals surface area contributed by atoms with E-state index < -0.39 is 0 Å². The van der Waals surface area contributed by atoms with E-state index >= 15 is 0 Å². The van der Waals surface area contributed by atoms with Gasteiger partial charge in [0.15, 0.2) is 0 Å². The first-order chi connectivity index (χ1) is 8.38. The van der Waals surface area contributed by atoms with Crippen LogP contribution in [0.4, 0.5) is 0 Å². The van der Waals surface area contributed by atoms with Gasteiger partial charge in [0.05, 0.1) is 0 Å². The van der Waals surface area contributed by atoms with Crippen LogP contribution in [0.1, 0.15) is 18.4 Å². The molecule has 1 aliphatic heterocycles. The minimum Gasteiger partial charge on any atom is -0.492 e. The van der Waals surface area contributed by atoms with Gasteiger partial charge in [0.25, 0.3) is 0 Å². The highest BCUT2D eigenvalue weighted by Crippen LogP contribution is 2.12. The van der Waals surface area contributed by atoms with E-state index in [4.69, 9.17) is 4.74 Å². The summed E-state index contributed by atoms with van der Waals surface area (Å²) in [7, 11) is 1.96. The van der Waals surface area contributed by atoms with E-state index in [0.717, 1.165) is 25.4 Å². The summed E-state index contributed by atoms with van der Waals surface area (Å²) in [5, 5.41) is 3.14. The van der Waals surface area contributed by atoms with Crippen LogP contribution in [-0.2, 0) is 6.54 Å². The Kier molecular flexibility index (Phi) is 4.83. The molecule has 0 aliphatic carbocycles. The number of rotatable bonds is 6. The van der Waals surface area contributed by atoms with E-state index in [1.54, 1.807) is 0 Å². The summed E-state index contributed by atoms with van der Waals surface area (Å²) in [6.45, 7) is 5.24. The van der Waals surface area contributed by atoms with Crippen LogP contribution in [0.15, 0.2) is 24.3 Å². The molecule has 1 N–H and O–H groups in total. The molecule has 3 nitrogen and oxygen atoms in total. The number of ether oxygens (including phenoxy) is 1. The molecule has 0 amide bonds. The Morgan fingerprint density at radius 1 is 1.18 bits per heavy atom. The topological polar surface area (TPSA) is 24.5 Å². The van der Waals surface area contributed by atoms with Gasteiger partial charge in [0, 0.05) is 13.1 Å². The van der Waals surface area contributed by atoms with Crippen molar-refractivity contribution >= 4 is 0 Å². The highest BCUT2D eigenvalue weighted by Gasteiger charge is 2.10. The summed E-state index contributed by atoms with van der Waals surface area (Å²) < 4.78 is 5.74. The second kappa shape index (κ2) is 6.62. The van der Waals surface area contributed by atoms with Crippen molar-refractivity contribution < 1.29 is 4.74 Å². The Hall–Kier alpha value is -1.06. The van der Waals surface area contributed by atoms with Crippen molar-refractivity contribution in [3.05, 3.63) is 29.8 Å². The van der Waals surface area contributed by atoms with Gasteiger partial charge < -0.3 is 10.1 Å². The minimum atomic E-state index is 0.797. The molecule has 1 aromatic rings. The van der Waals surface area contributed by atoms with Crippen molar-refractivity contribution in [3.8, 4) is 5.75 Å². The van der Waals surface area contributed by atoms with Gasteiger partial charge in [-0.25, -0.2) is 0 Å². The molecule has 17 heavy (non-hydrogen) atoms. The van der Waals surface area contributed by atoms with Gasteiger partial charge in [-0.05, 0) is 50.7 Å². The fourth-order valence-corrected chi connectivity index (χ4v) is 2.21. The van der Waals surface area contributed by atoms with Gasteiger partial charge in [-0.2, -0.15) is 0 Å². The molecule has 0 saturated carbocycles. The standard InChI is InChI=1S/C14H22N2O/c1-15-12-13-4-6-14(7-5-13)17-11-10-16-8-2-3-9-16/h4-7,15H,2-3,8-12H2,1H3. The Morgan fingerprint density at radius 2 is 1.88 bits per heavy atom. The molecule has 0 unspecified atom stereocenters. The van der Waals surface area contributed by atoms with Gasteiger partial charge in [0.1, 0.15) is 12.4 Å². The third-order valence-electron chi connectivity index (χ3n) is 3.18. The molecule has 2 rings (SSSR count). The van der Waals surface area contributed by atoms with Crippen LogP contribution in [0, 0.1) is 0 Å². The van der Waals surface area contributed by atoms with Crippen LogP contribution in [0.5, 0.6) is 5.75 Å². The molecule has 1 heterocycles. The number of hydrogen-bond donors (Lipinski definition) is 1. The predicted molar refractivity (Wildman–Crippen MR) is 70.4 cm³/mol. The molecule has 0 bridgehead atoms. The van der Waals surface area contributed by atoms with Gasteiger partial charge in [0.2, 0.25) is 0 Å². The first-order valence-corrected chi connectivity index (χ1v) is 6.47. The summed E-state index contributed by atoms with van der Waals surface area (Å²) in [5.41, 5.74) is 1.29. The summed E-state index contributed by atoms with van der Waals surface area (Å²) in [6, 6.07) is 8.33. The van der Waals surface area contributed by atoms with E-state index in [1.165, 1.54) is 31.5 Å². The fourth-order valence-electron chi connectivity index (χ4n) is 2.21. The molecule has 3 heteroatoms. The Bertz CT molecular complexity index is 317. The maximum Gasteiger partial charge on any atom is 0.119 e. The summed E-state index contributed by atoms with van der Waals surface area (Å²) >= 11 is 0. The third-order valence-corrected chi connectivity index (χ3v) is 3.18. The number of benzene rings is 1. The van der Waals surface area contributed by atoms with Crippen LogP contribution >= 0.6 is 0 Å². The molecular formula is C14H22N2O. The third kappa shape index (κ3) is 4.02. The molecule has 1 aliphatic rings. The maximum absolute atomic E-state index is 5.74. The van der Waals surface area contributed by atoms with Gasteiger partial charge in [-0.15, -0.1) is 0 Å². The molecule has 0 radical (unpaired) electrons. The lowest BCUT2D eigenvalue weighted by Crippen LogP contribution is -2.25. The zero-order valence-electron chi connectivity index (χ0n) is 10.6. The summed E-state index contributed by atoms with van der Waals surface area (Å²) in [5.74, 6) is 0.976. The number of likely N-dealkylation sites (tertiary alicyclic amines) is 1. The molecule has 94 valence electrons. The summed E-state index contributed by atoms with van der Waals surface area (Å²) in [6.07, 6.45) is 2.69. The maximum atomic E-state index is 5.74. The minimum absolute atomic E-state index is 0.797. The zero-order chi connectivity index (χ0) is 11.9. The molecule has 1 saturated heterocycles. The van der Waals surface area contributed by atoms with E-state index in [9.17, 15) is 0 Å². The van der Waals surface area contributed by atoms with Crippen molar-refractivity contribution in [1.29, 1.82) is 0 Å². The lowest BCUT2D eigenvalue weighted by molar-refractivity contribution is 0.238. The first-order valence-electron chi connectivity index (χ1n) is 6.47. The number of hydrogen-bond acceptors (Lipinski definition) is 3. The zero-order valence-corrected chi connectivity index (χ0v) is 10.6. The van der Waals surface area contributed by atoms with Crippen molar-refractivity contribution in [2.24, 2.45) is 0 Å². The Morgan fingerprint density at radius 3 is 2.53 bits per heavy atom. The van der Waals surface area contributed by atoms with Crippen LogP contribution in [0.2, 0.25) is 0 Å². The Balaban J connectivity index is 1.70. The molecule has 1 fully saturated rings. The average Bonchev–Trinajstić information content (AvgIpc) is 2.85. The average molecular weight is 234 g/mol. The monoisotopic (exact) mass is 234 g/mol. The predicted octanol–water partition coefficient (Wildman–Crippen LogP) is 1.88. The van der Waals surface area contributed by atoms with Crippen LogP contribution in [-0.4, -0.2) is 38.2 Å². The second-order valence-corrected chi connectivity index (χ2v) is 4.57. The van der Waals surface area contributed by atoms with Crippen LogP contribution < -0.4 is 10.1 Å². The molecule has 1 aromatic carbocycles. The fraction of sp³-hybridized carbons (Fsp3) is 0.571. The Labute approximate surface area is 104 Å². The molecule has 0 spiro atoms. The molecule has 0 atom stereocenters. The lowest BCUT2D eigenvalue weighted by atomic mass is 10.2. The molecular weight excluding hydrogens is 212 g/mol. The quantitative estimate of drug-likeness (QED) is 0.813.